The Bertz CT molecular complexity index is 1080. The molecule has 0 aliphatic carbocycles. The lowest BCUT2D eigenvalue weighted by molar-refractivity contribution is 0.304. The highest BCUT2D eigenvalue weighted by Gasteiger charge is 2.16. The van der Waals surface area contributed by atoms with E-state index >= 15 is 0 Å². The van der Waals surface area contributed by atoms with Crippen molar-refractivity contribution in [2.45, 2.75) is 44.3 Å². The van der Waals surface area contributed by atoms with Gasteiger partial charge in [0.15, 0.2) is 0 Å². The fraction of sp³-hybridized carbons (Fsp3) is 0.350. The van der Waals surface area contributed by atoms with Crippen LogP contribution in [-0.4, -0.2) is 29.9 Å². The van der Waals surface area contributed by atoms with E-state index in [1.807, 2.05) is 13.1 Å². The topological polar surface area (TPSA) is 81.2 Å². The Kier molecular flexibility index (Phi) is 6.12. The zero-order valence-corrected chi connectivity index (χ0v) is 16.9. The molecule has 0 saturated carbocycles. The van der Waals surface area contributed by atoms with Crippen molar-refractivity contribution >= 4 is 21.1 Å². The van der Waals surface area contributed by atoms with Gasteiger partial charge in [0.1, 0.15) is 11.6 Å². The highest BCUT2D eigenvalue weighted by atomic mass is 32.2. The summed E-state index contributed by atoms with van der Waals surface area (Å²) in [4.78, 5) is 6.78. The Hall–Kier alpha value is -2.29. The first-order chi connectivity index (χ1) is 13.3. The van der Waals surface area contributed by atoms with Crippen molar-refractivity contribution in [1.82, 2.24) is 14.5 Å². The third-order valence-electron chi connectivity index (χ3n) is 4.62. The van der Waals surface area contributed by atoms with Gasteiger partial charge < -0.3 is 4.57 Å². The number of nitrogens with two attached hydrogens (primary N) is 1. The van der Waals surface area contributed by atoms with Crippen molar-refractivity contribution in [1.29, 1.82) is 0 Å². The molecule has 0 radical (unpaired) electrons. The zero-order chi connectivity index (χ0) is 20.3. The molecule has 6 nitrogen and oxygen atoms in total. The largest absolute Gasteiger partial charge is 0.327 e. The molecule has 0 aliphatic rings. The van der Waals surface area contributed by atoms with Crippen LogP contribution in [0, 0.1) is 5.82 Å². The quantitative estimate of drug-likeness (QED) is 0.625. The van der Waals surface area contributed by atoms with Crippen molar-refractivity contribution in [3.63, 3.8) is 0 Å². The molecule has 0 spiro atoms. The third-order valence-corrected chi connectivity index (χ3v) is 5.53. The van der Waals surface area contributed by atoms with Crippen LogP contribution in [0.4, 0.5) is 4.39 Å². The maximum atomic E-state index is 13.4. The van der Waals surface area contributed by atoms with Gasteiger partial charge in [-0.05, 0) is 49.4 Å². The van der Waals surface area contributed by atoms with E-state index in [1.54, 1.807) is 12.1 Å². The van der Waals surface area contributed by atoms with E-state index in [4.69, 9.17) is 5.14 Å². The highest BCUT2D eigenvalue weighted by Crippen LogP contribution is 2.22. The van der Waals surface area contributed by atoms with Gasteiger partial charge in [0.25, 0.3) is 0 Å². The predicted octanol–water partition coefficient (Wildman–Crippen LogP) is 3.25. The van der Waals surface area contributed by atoms with Crippen molar-refractivity contribution in [2.24, 2.45) is 5.14 Å². The monoisotopic (exact) mass is 404 g/mol. The van der Waals surface area contributed by atoms with Crippen LogP contribution in [0.3, 0.4) is 0 Å². The molecule has 28 heavy (non-hydrogen) atoms. The first-order valence-electron chi connectivity index (χ1n) is 9.23. The Balaban J connectivity index is 1.91. The maximum Gasteiger partial charge on any atom is 0.238 e. The number of sulfonamides is 1. The van der Waals surface area contributed by atoms with E-state index in [9.17, 15) is 12.8 Å². The minimum atomic E-state index is -3.78. The molecule has 0 unspecified atom stereocenters. The molecule has 0 amide bonds. The summed E-state index contributed by atoms with van der Waals surface area (Å²) < 4.78 is 38.9. The number of rotatable bonds is 8. The van der Waals surface area contributed by atoms with Crippen molar-refractivity contribution in [2.75, 3.05) is 7.05 Å². The smallest absolute Gasteiger partial charge is 0.238 e. The van der Waals surface area contributed by atoms with E-state index in [-0.39, 0.29) is 10.7 Å². The summed E-state index contributed by atoms with van der Waals surface area (Å²) >= 11 is 0. The molecule has 0 bridgehead atoms. The summed E-state index contributed by atoms with van der Waals surface area (Å²) in [6.07, 6.45) is 2.02. The normalized spacial score (nSPS) is 12.2. The summed E-state index contributed by atoms with van der Waals surface area (Å²) in [5.41, 5.74) is 2.38. The molecule has 2 aromatic carbocycles. The van der Waals surface area contributed by atoms with Crippen molar-refractivity contribution in [3.8, 4) is 0 Å². The van der Waals surface area contributed by atoms with Gasteiger partial charge in [-0.25, -0.2) is 22.9 Å². The number of fused-ring (bicyclic) bond motifs is 1. The third kappa shape index (κ3) is 4.76. The van der Waals surface area contributed by atoms with E-state index in [1.165, 1.54) is 24.3 Å². The van der Waals surface area contributed by atoms with Gasteiger partial charge >= 0.3 is 0 Å². The second-order valence-corrected chi connectivity index (χ2v) is 8.59. The number of benzene rings is 2. The van der Waals surface area contributed by atoms with Crippen LogP contribution in [0.2, 0.25) is 0 Å². The Labute approximate surface area is 164 Å². The number of hydrogen-bond donors (Lipinski definition) is 1. The lowest BCUT2D eigenvalue weighted by Crippen LogP contribution is -2.20. The molecule has 0 saturated heterocycles. The molecular formula is C20H25FN4O2S. The second kappa shape index (κ2) is 8.38. The number of halogens is 1. The summed E-state index contributed by atoms with van der Waals surface area (Å²) in [5.74, 6) is 0.588. The minimum Gasteiger partial charge on any atom is -0.327 e. The van der Waals surface area contributed by atoms with Gasteiger partial charge in [0.2, 0.25) is 10.0 Å². The first-order valence-corrected chi connectivity index (χ1v) is 10.8. The van der Waals surface area contributed by atoms with Crippen molar-refractivity contribution < 1.29 is 12.8 Å². The van der Waals surface area contributed by atoms with Gasteiger partial charge in [0, 0.05) is 13.1 Å². The summed E-state index contributed by atoms with van der Waals surface area (Å²) in [7, 11) is -1.83. The maximum absolute atomic E-state index is 13.4. The fourth-order valence-electron chi connectivity index (χ4n) is 3.27. The van der Waals surface area contributed by atoms with E-state index in [0.717, 1.165) is 36.3 Å². The predicted molar refractivity (Wildman–Crippen MR) is 108 cm³/mol. The van der Waals surface area contributed by atoms with Gasteiger partial charge in [0.05, 0.1) is 22.5 Å². The zero-order valence-electron chi connectivity index (χ0n) is 16.1. The molecule has 0 atom stereocenters. The Morgan fingerprint density at radius 2 is 1.96 bits per heavy atom. The molecule has 1 heterocycles. The van der Waals surface area contributed by atoms with E-state index in [0.29, 0.717) is 18.6 Å². The molecule has 3 rings (SSSR count). The average molecular weight is 405 g/mol. The standard InChI is InChI=1S/C20H25FN4O2S/c1-3-4-10-25-19-9-8-17(28(22,26)27)12-18(19)23-20(25)14-24(2)13-15-6-5-7-16(21)11-15/h5-9,11-12H,3-4,10,13-14H2,1-2H3,(H2,22,26,27). The van der Waals surface area contributed by atoms with Crippen LogP contribution in [0.5, 0.6) is 0 Å². The molecule has 0 fully saturated rings. The summed E-state index contributed by atoms with van der Waals surface area (Å²) in [6.45, 7) is 4.05. The number of aromatic nitrogens is 2. The lowest BCUT2D eigenvalue weighted by Gasteiger charge is -2.17. The van der Waals surface area contributed by atoms with E-state index in [2.05, 4.69) is 21.4 Å². The molecule has 1 aromatic heterocycles. The molecular weight excluding hydrogens is 379 g/mol. The van der Waals surface area contributed by atoms with Crippen LogP contribution in [0.15, 0.2) is 47.4 Å². The molecule has 150 valence electrons. The van der Waals surface area contributed by atoms with Gasteiger partial charge in [-0.1, -0.05) is 25.5 Å². The summed E-state index contributed by atoms with van der Waals surface area (Å²) in [6, 6.07) is 11.3. The Morgan fingerprint density at radius 3 is 2.64 bits per heavy atom. The number of primary sulfonamides is 1. The second-order valence-electron chi connectivity index (χ2n) is 7.03. The van der Waals surface area contributed by atoms with Crippen LogP contribution >= 0.6 is 0 Å². The molecule has 0 aliphatic heterocycles. The van der Waals surface area contributed by atoms with E-state index < -0.39 is 10.0 Å². The average Bonchev–Trinajstić information content (AvgIpc) is 2.95. The van der Waals surface area contributed by atoms with Crippen LogP contribution in [-0.2, 0) is 29.7 Å². The number of nitrogens with zero attached hydrogens (tertiary/aromatic N) is 3. The van der Waals surface area contributed by atoms with Gasteiger partial charge in [-0.15, -0.1) is 0 Å². The van der Waals surface area contributed by atoms with Gasteiger partial charge in [-0.2, -0.15) is 0 Å². The minimum absolute atomic E-state index is 0.0554. The van der Waals surface area contributed by atoms with Crippen LogP contribution < -0.4 is 5.14 Å². The molecule has 8 heteroatoms. The molecule has 3 aromatic rings. The number of imidazole rings is 1. The molecule has 2 N–H and O–H groups in total. The Morgan fingerprint density at radius 1 is 1.18 bits per heavy atom. The SMILES string of the molecule is CCCCn1c(CN(C)Cc2cccc(F)c2)nc2cc(S(N)(=O)=O)ccc21. The first kappa shape index (κ1) is 20.4. The van der Waals surface area contributed by atoms with Crippen LogP contribution in [0.1, 0.15) is 31.2 Å². The number of unbranched alkanes of at least 4 members (excludes halogenated alkanes) is 1. The number of aryl methyl sites for hydroxylation is 1. The highest BCUT2D eigenvalue weighted by molar-refractivity contribution is 7.89. The fourth-order valence-corrected chi connectivity index (χ4v) is 3.80. The van der Waals surface area contributed by atoms with Gasteiger partial charge in [-0.3, -0.25) is 4.90 Å². The number of hydrogen-bond acceptors (Lipinski definition) is 4. The summed E-state index contributed by atoms with van der Waals surface area (Å²) in [5, 5.41) is 5.25. The van der Waals surface area contributed by atoms with Crippen molar-refractivity contribution in [3.05, 3.63) is 59.7 Å². The van der Waals surface area contributed by atoms with Crippen LogP contribution in [0.25, 0.3) is 11.0 Å². The lowest BCUT2D eigenvalue weighted by atomic mass is 10.2.